The molecule has 0 saturated heterocycles. The number of hydrogen-bond acceptors (Lipinski definition) is 3. The number of nitrogens with one attached hydrogen (secondary N) is 2. The molecule has 0 aromatic heterocycles. The number of rotatable bonds is 7. The van der Waals surface area contributed by atoms with Crippen LogP contribution in [0.5, 0.6) is 5.75 Å². The Balaban J connectivity index is 1.90. The number of hydrogen-bond donors (Lipinski definition) is 2. The highest BCUT2D eigenvalue weighted by molar-refractivity contribution is 9.10. The van der Waals surface area contributed by atoms with Crippen LogP contribution < -0.4 is 15.4 Å². The third kappa shape index (κ3) is 6.96. The fraction of sp³-hybridized carbons (Fsp3) is 0.263. The van der Waals surface area contributed by atoms with Gasteiger partial charge in [-0.3, -0.25) is 10.1 Å². The molecule has 2 N–H and O–H groups in total. The highest BCUT2D eigenvalue weighted by Crippen LogP contribution is 2.26. The lowest BCUT2D eigenvalue weighted by molar-refractivity contribution is 0.0976. The standard InChI is InChI=1S/C19H19BrCl2N2O2S/c1-2-3-8-26-17-7-5-12(9-15(17)20)18(25)24-19(27)23-11-13-4-6-14(21)10-16(13)22/h4-7,9-10H,2-3,8,11H2,1H3,(H2,23,24,25,27). The Morgan fingerprint density at radius 1 is 1.22 bits per heavy atom. The first-order chi connectivity index (χ1) is 12.9. The summed E-state index contributed by atoms with van der Waals surface area (Å²) in [6.07, 6.45) is 2.04. The molecule has 0 aliphatic carbocycles. The maximum atomic E-state index is 12.4. The lowest BCUT2D eigenvalue weighted by Crippen LogP contribution is -2.38. The van der Waals surface area contributed by atoms with E-state index in [1.807, 2.05) is 0 Å². The lowest BCUT2D eigenvalue weighted by Gasteiger charge is -2.12. The van der Waals surface area contributed by atoms with Crippen LogP contribution in [0.4, 0.5) is 0 Å². The van der Waals surface area contributed by atoms with Crippen LogP contribution in [0.2, 0.25) is 10.0 Å². The van der Waals surface area contributed by atoms with Crippen molar-refractivity contribution in [2.45, 2.75) is 26.3 Å². The zero-order valence-corrected chi connectivity index (χ0v) is 18.6. The molecule has 27 heavy (non-hydrogen) atoms. The van der Waals surface area contributed by atoms with Crippen LogP contribution in [0.25, 0.3) is 0 Å². The fourth-order valence-electron chi connectivity index (χ4n) is 2.15. The van der Waals surface area contributed by atoms with Crippen LogP contribution in [0.15, 0.2) is 40.9 Å². The van der Waals surface area contributed by atoms with E-state index in [0.29, 0.717) is 34.5 Å². The van der Waals surface area contributed by atoms with Crippen LogP contribution in [-0.2, 0) is 6.54 Å². The molecular formula is C19H19BrCl2N2O2S. The molecule has 4 nitrogen and oxygen atoms in total. The van der Waals surface area contributed by atoms with E-state index in [0.717, 1.165) is 22.9 Å². The molecule has 8 heteroatoms. The van der Waals surface area contributed by atoms with E-state index < -0.39 is 0 Å². The quantitative estimate of drug-likeness (QED) is 0.384. The van der Waals surface area contributed by atoms with Crippen molar-refractivity contribution in [1.82, 2.24) is 10.6 Å². The van der Waals surface area contributed by atoms with E-state index in [-0.39, 0.29) is 11.0 Å². The number of halogens is 3. The van der Waals surface area contributed by atoms with Gasteiger partial charge in [-0.05, 0) is 70.5 Å². The van der Waals surface area contributed by atoms with Crippen molar-refractivity contribution in [3.63, 3.8) is 0 Å². The summed E-state index contributed by atoms with van der Waals surface area (Å²) in [5, 5.41) is 6.91. The second-order valence-electron chi connectivity index (χ2n) is 5.72. The maximum Gasteiger partial charge on any atom is 0.257 e. The summed E-state index contributed by atoms with van der Waals surface area (Å²) in [5.74, 6) is 0.397. The number of benzene rings is 2. The molecule has 0 aliphatic rings. The van der Waals surface area contributed by atoms with Gasteiger partial charge < -0.3 is 10.1 Å². The van der Waals surface area contributed by atoms with Gasteiger partial charge >= 0.3 is 0 Å². The number of amides is 1. The van der Waals surface area contributed by atoms with Crippen molar-refractivity contribution >= 4 is 62.4 Å². The Bertz CT molecular complexity index is 833. The molecule has 0 radical (unpaired) electrons. The topological polar surface area (TPSA) is 50.4 Å². The van der Waals surface area contributed by atoms with E-state index in [1.54, 1.807) is 36.4 Å². The zero-order valence-electron chi connectivity index (χ0n) is 14.7. The molecule has 1 amide bonds. The monoisotopic (exact) mass is 488 g/mol. The third-order valence-corrected chi connectivity index (χ3v) is 5.08. The van der Waals surface area contributed by atoms with Crippen molar-refractivity contribution < 1.29 is 9.53 Å². The Labute approximate surface area is 182 Å². The smallest absolute Gasteiger partial charge is 0.257 e. The Morgan fingerprint density at radius 2 is 2.00 bits per heavy atom. The van der Waals surface area contributed by atoms with Gasteiger partial charge in [-0.2, -0.15) is 0 Å². The summed E-state index contributed by atoms with van der Waals surface area (Å²) in [6.45, 7) is 3.12. The maximum absolute atomic E-state index is 12.4. The molecule has 0 heterocycles. The molecule has 0 fully saturated rings. The molecule has 2 aromatic rings. The first-order valence-electron chi connectivity index (χ1n) is 8.36. The Hall–Kier alpha value is -1.34. The molecule has 0 aliphatic heterocycles. The van der Waals surface area contributed by atoms with E-state index in [2.05, 4.69) is 33.5 Å². The van der Waals surface area contributed by atoms with Crippen LogP contribution in [0.3, 0.4) is 0 Å². The molecule has 144 valence electrons. The predicted molar refractivity (Wildman–Crippen MR) is 118 cm³/mol. The molecule has 0 atom stereocenters. The summed E-state index contributed by atoms with van der Waals surface area (Å²) in [7, 11) is 0. The second-order valence-corrected chi connectivity index (χ2v) is 7.83. The van der Waals surface area contributed by atoms with Gasteiger partial charge in [-0.25, -0.2) is 0 Å². The molecular weight excluding hydrogens is 471 g/mol. The summed E-state index contributed by atoms with van der Waals surface area (Å²) in [4.78, 5) is 12.4. The molecule has 0 saturated carbocycles. The first kappa shape index (κ1) is 22.0. The van der Waals surface area contributed by atoms with Gasteiger partial charge in [0, 0.05) is 22.2 Å². The van der Waals surface area contributed by atoms with Crippen molar-refractivity contribution in [3.05, 3.63) is 62.0 Å². The highest BCUT2D eigenvalue weighted by Gasteiger charge is 2.11. The first-order valence-corrected chi connectivity index (χ1v) is 10.3. The number of unbranched alkanes of at least 4 members (excludes halogenated alkanes) is 1. The largest absolute Gasteiger partial charge is 0.492 e. The van der Waals surface area contributed by atoms with Crippen molar-refractivity contribution in [2.75, 3.05) is 6.61 Å². The third-order valence-electron chi connectivity index (χ3n) is 3.63. The van der Waals surface area contributed by atoms with E-state index in [9.17, 15) is 4.79 Å². The van der Waals surface area contributed by atoms with Crippen molar-refractivity contribution in [3.8, 4) is 5.75 Å². The normalized spacial score (nSPS) is 10.4. The van der Waals surface area contributed by atoms with Gasteiger partial charge in [0.2, 0.25) is 0 Å². The average molecular weight is 490 g/mol. The molecule has 2 rings (SSSR count). The number of thiocarbonyl (C=S) groups is 1. The van der Waals surface area contributed by atoms with E-state index in [4.69, 9.17) is 40.2 Å². The van der Waals surface area contributed by atoms with Crippen LogP contribution in [0, 0.1) is 0 Å². The van der Waals surface area contributed by atoms with Crippen molar-refractivity contribution in [2.24, 2.45) is 0 Å². The summed E-state index contributed by atoms with van der Waals surface area (Å²) >= 11 is 20.6. The number of carbonyl (C=O) groups excluding carboxylic acids is 1. The summed E-state index contributed by atoms with van der Waals surface area (Å²) in [5.41, 5.74) is 1.30. The van der Waals surface area contributed by atoms with Gasteiger partial charge in [0.05, 0.1) is 11.1 Å². The molecule has 0 spiro atoms. The lowest BCUT2D eigenvalue weighted by atomic mass is 10.2. The van der Waals surface area contributed by atoms with E-state index >= 15 is 0 Å². The van der Waals surface area contributed by atoms with Gasteiger partial charge in [0.1, 0.15) is 5.75 Å². The Kier molecular flexibility index (Phi) is 8.83. The van der Waals surface area contributed by atoms with E-state index in [1.165, 1.54) is 0 Å². The van der Waals surface area contributed by atoms with Gasteiger partial charge in [0.25, 0.3) is 5.91 Å². The minimum absolute atomic E-state index is 0.213. The van der Waals surface area contributed by atoms with Crippen LogP contribution in [-0.4, -0.2) is 17.6 Å². The Morgan fingerprint density at radius 3 is 2.67 bits per heavy atom. The minimum atomic E-state index is -0.310. The second kappa shape index (κ2) is 10.9. The number of ether oxygens (including phenoxy) is 1. The number of carbonyl (C=O) groups is 1. The highest BCUT2D eigenvalue weighted by atomic mass is 79.9. The average Bonchev–Trinajstić information content (AvgIpc) is 2.62. The summed E-state index contributed by atoms with van der Waals surface area (Å²) in [6, 6.07) is 10.4. The minimum Gasteiger partial charge on any atom is -0.492 e. The van der Waals surface area contributed by atoms with Gasteiger partial charge in [-0.15, -0.1) is 0 Å². The molecule has 2 aromatic carbocycles. The SMILES string of the molecule is CCCCOc1ccc(C(=O)NC(=S)NCc2ccc(Cl)cc2Cl)cc1Br. The van der Waals surface area contributed by atoms with Crippen LogP contribution in [0.1, 0.15) is 35.7 Å². The van der Waals surface area contributed by atoms with Crippen LogP contribution >= 0.6 is 51.3 Å². The van der Waals surface area contributed by atoms with Crippen molar-refractivity contribution in [1.29, 1.82) is 0 Å². The van der Waals surface area contributed by atoms with Gasteiger partial charge in [-0.1, -0.05) is 42.6 Å². The van der Waals surface area contributed by atoms with Gasteiger partial charge in [0.15, 0.2) is 5.11 Å². The zero-order chi connectivity index (χ0) is 19.8. The predicted octanol–water partition coefficient (Wildman–Crippen LogP) is 5.74. The fourth-order valence-corrected chi connectivity index (χ4v) is 3.28. The molecule has 0 unspecified atom stereocenters. The summed E-state index contributed by atoms with van der Waals surface area (Å²) < 4.78 is 6.38. The molecule has 0 bridgehead atoms.